The smallest absolute Gasteiger partial charge is 0.222 e. The van der Waals surface area contributed by atoms with Crippen LogP contribution >= 0.6 is 0 Å². The molecule has 0 aliphatic carbocycles. The Balaban J connectivity index is 2.35. The minimum atomic E-state index is 0.678. The van der Waals surface area contributed by atoms with Crippen molar-refractivity contribution >= 4 is 22.7 Å². The molecule has 0 amide bonds. The molecule has 0 fully saturated rings. The Morgan fingerprint density at radius 3 is 2.93 bits per heavy atom. The summed E-state index contributed by atoms with van der Waals surface area (Å²) in [6.07, 6.45) is 0. The van der Waals surface area contributed by atoms with E-state index in [2.05, 4.69) is 33.5 Å². The van der Waals surface area contributed by atoms with Crippen LogP contribution in [0.2, 0.25) is 0 Å². The van der Waals surface area contributed by atoms with Crippen molar-refractivity contribution in [1.82, 2.24) is 9.97 Å². The third-order valence-electron chi connectivity index (χ3n) is 2.02. The number of nitrogens with zero attached hydrogens (tertiary/aromatic N) is 2. The van der Waals surface area contributed by atoms with E-state index in [1.807, 2.05) is 26.0 Å². The minimum Gasteiger partial charge on any atom is -0.323 e. The summed E-state index contributed by atoms with van der Waals surface area (Å²) in [7, 11) is 0. The number of hydrogen-bond donors (Lipinski definition) is 2. The number of aromatic nitrogens is 2. The number of benzene rings is 1. The molecule has 0 atom stereocenters. The third-order valence-corrected chi connectivity index (χ3v) is 2.02. The molecule has 4 nitrogen and oxygen atoms in total. The Labute approximate surface area is 88.4 Å². The fraction of sp³-hybridized carbons (Fsp3) is 0.273. The van der Waals surface area contributed by atoms with Crippen LogP contribution in [0.15, 0.2) is 23.3 Å². The van der Waals surface area contributed by atoms with Crippen LogP contribution in [-0.2, 0) is 0 Å². The van der Waals surface area contributed by atoms with Crippen molar-refractivity contribution in [3.63, 3.8) is 0 Å². The maximum absolute atomic E-state index is 4.35. The Morgan fingerprint density at radius 2 is 2.20 bits per heavy atom. The summed E-state index contributed by atoms with van der Waals surface area (Å²) in [5.74, 6) is 0.678. The molecule has 2 N–H and O–H groups in total. The standard InChI is InChI=1S/C11H14N4/c1-7(2)14-15-11-12-9-5-4-8(3)6-10(9)13-11/h4-6H,1-3H3,(H2,12,13,15). The molecule has 1 aromatic carbocycles. The average Bonchev–Trinajstić information content (AvgIpc) is 2.56. The quantitative estimate of drug-likeness (QED) is 0.581. The van der Waals surface area contributed by atoms with Gasteiger partial charge in [-0.2, -0.15) is 5.10 Å². The predicted molar refractivity (Wildman–Crippen MR) is 63.2 cm³/mol. The first-order valence-corrected chi connectivity index (χ1v) is 4.88. The van der Waals surface area contributed by atoms with E-state index in [4.69, 9.17) is 0 Å². The highest BCUT2D eigenvalue weighted by Crippen LogP contribution is 2.15. The topological polar surface area (TPSA) is 53.1 Å². The lowest BCUT2D eigenvalue weighted by Crippen LogP contribution is -1.94. The molecule has 0 aliphatic heterocycles. The Bertz CT molecular complexity index is 506. The van der Waals surface area contributed by atoms with E-state index < -0.39 is 0 Å². The largest absolute Gasteiger partial charge is 0.323 e. The van der Waals surface area contributed by atoms with E-state index in [-0.39, 0.29) is 0 Å². The number of rotatable bonds is 2. The number of aromatic amines is 1. The summed E-state index contributed by atoms with van der Waals surface area (Å²) in [5, 5.41) is 4.09. The van der Waals surface area contributed by atoms with Gasteiger partial charge in [0, 0.05) is 5.71 Å². The van der Waals surface area contributed by atoms with Gasteiger partial charge in [-0.05, 0) is 38.5 Å². The van der Waals surface area contributed by atoms with Gasteiger partial charge in [-0.3, -0.25) is 0 Å². The van der Waals surface area contributed by atoms with Gasteiger partial charge in [-0.15, -0.1) is 0 Å². The lowest BCUT2D eigenvalue weighted by molar-refractivity contribution is 1.20. The summed E-state index contributed by atoms with van der Waals surface area (Å²) in [6, 6.07) is 6.10. The van der Waals surface area contributed by atoms with E-state index in [0.29, 0.717) is 5.95 Å². The fourth-order valence-corrected chi connectivity index (χ4v) is 1.34. The van der Waals surface area contributed by atoms with Gasteiger partial charge in [0.05, 0.1) is 11.0 Å². The fourth-order valence-electron chi connectivity index (χ4n) is 1.34. The van der Waals surface area contributed by atoms with Crippen molar-refractivity contribution in [2.45, 2.75) is 20.8 Å². The van der Waals surface area contributed by atoms with Crippen molar-refractivity contribution in [3.05, 3.63) is 23.8 Å². The van der Waals surface area contributed by atoms with Crippen LogP contribution in [0.3, 0.4) is 0 Å². The summed E-state index contributed by atoms with van der Waals surface area (Å²) in [5.41, 5.74) is 7.03. The molecule has 2 aromatic rings. The summed E-state index contributed by atoms with van der Waals surface area (Å²) < 4.78 is 0. The zero-order valence-corrected chi connectivity index (χ0v) is 9.13. The molecule has 1 heterocycles. The van der Waals surface area contributed by atoms with E-state index >= 15 is 0 Å². The number of nitrogens with one attached hydrogen (secondary N) is 2. The zero-order chi connectivity index (χ0) is 10.8. The number of hydrazone groups is 1. The monoisotopic (exact) mass is 202 g/mol. The lowest BCUT2D eigenvalue weighted by atomic mass is 10.2. The maximum Gasteiger partial charge on any atom is 0.222 e. The van der Waals surface area contributed by atoms with Crippen molar-refractivity contribution in [3.8, 4) is 0 Å². The Morgan fingerprint density at radius 1 is 1.40 bits per heavy atom. The molecule has 0 saturated carbocycles. The van der Waals surface area contributed by atoms with Crippen molar-refractivity contribution < 1.29 is 0 Å². The van der Waals surface area contributed by atoms with Crippen LogP contribution in [0.25, 0.3) is 11.0 Å². The number of hydrogen-bond acceptors (Lipinski definition) is 3. The first-order valence-electron chi connectivity index (χ1n) is 4.88. The van der Waals surface area contributed by atoms with Gasteiger partial charge in [0.25, 0.3) is 0 Å². The third kappa shape index (κ3) is 2.15. The molecule has 0 spiro atoms. The molecule has 2 rings (SSSR count). The van der Waals surface area contributed by atoms with E-state index in [9.17, 15) is 0 Å². The van der Waals surface area contributed by atoms with Crippen LogP contribution in [0.5, 0.6) is 0 Å². The SMILES string of the molecule is CC(C)=NNc1nc2ccc(C)cc2[nH]1. The van der Waals surface area contributed by atoms with Crippen LogP contribution in [-0.4, -0.2) is 15.7 Å². The molecule has 15 heavy (non-hydrogen) atoms. The number of H-pyrrole nitrogens is 1. The van der Waals surface area contributed by atoms with Crippen molar-refractivity contribution in [2.75, 3.05) is 5.43 Å². The first kappa shape index (κ1) is 9.71. The normalized spacial score (nSPS) is 10.3. The van der Waals surface area contributed by atoms with E-state index in [1.54, 1.807) is 0 Å². The van der Waals surface area contributed by atoms with Gasteiger partial charge in [0.1, 0.15) is 0 Å². The van der Waals surface area contributed by atoms with Gasteiger partial charge < -0.3 is 4.98 Å². The van der Waals surface area contributed by atoms with E-state index in [0.717, 1.165) is 16.7 Å². The highest BCUT2D eigenvalue weighted by atomic mass is 15.4. The second kappa shape index (κ2) is 3.73. The second-order valence-corrected chi connectivity index (χ2v) is 3.78. The number of imidazole rings is 1. The summed E-state index contributed by atoms with van der Waals surface area (Å²) >= 11 is 0. The predicted octanol–water partition coefficient (Wildman–Crippen LogP) is 2.68. The number of aryl methyl sites for hydroxylation is 1. The minimum absolute atomic E-state index is 0.678. The molecule has 0 saturated heterocycles. The molecule has 0 aliphatic rings. The lowest BCUT2D eigenvalue weighted by Gasteiger charge is -1.93. The molecule has 0 radical (unpaired) electrons. The second-order valence-electron chi connectivity index (χ2n) is 3.78. The molecule has 4 heteroatoms. The molecule has 1 aromatic heterocycles. The van der Waals surface area contributed by atoms with Crippen LogP contribution in [0.1, 0.15) is 19.4 Å². The maximum atomic E-state index is 4.35. The van der Waals surface area contributed by atoms with Crippen molar-refractivity contribution in [1.29, 1.82) is 0 Å². The zero-order valence-electron chi connectivity index (χ0n) is 9.13. The molecular weight excluding hydrogens is 188 g/mol. The Kier molecular flexibility index (Phi) is 2.41. The average molecular weight is 202 g/mol. The highest BCUT2D eigenvalue weighted by Gasteiger charge is 2.00. The molecule has 0 bridgehead atoms. The van der Waals surface area contributed by atoms with Gasteiger partial charge >= 0.3 is 0 Å². The van der Waals surface area contributed by atoms with Crippen LogP contribution in [0.4, 0.5) is 5.95 Å². The number of anilines is 1. The van der Waals surface area contributed by atoms with E-state index in [1.165, 1.54) is 5.56 Å². The highest BCUT2D eigenvalue weighted by molar-refractivity contribution is 5.81. The first-order chi connectivity index (χ1) is 7.15. The van der Waals surface area contributed by atoms with Crippen molar-refractivity contribution in [2.24, 2.45) is 5.10 Å². The van der Waals surface area contributed by atoms with Gasteiger partial charge in [0.2, 0.25) is 5.95 Å². The molecule has 0 unspecified atom stereocenters. The molecule has 78 valence electrons. The van der Waals surface area contributed by atoms with Gasteiger partial charge in [-0.1, -0.05) is 6.07 Å². The summed E-state index contributed by atoms with van der Waals surface area (Å²) in [4.78, 5) is 7.51. The Hall–Kier alpha value is -1.84. The van der Waals surface area contributed by atoms with Gasteiger partial charge in [-0.25, -0.2) is 10.4 Å². The molecular formula is C11H14N4. The van der Waals surface area contributed by atoms with Crippen LogP contribution in [0, 0.1) is 6.92 Å². The number of fused-ring (bicyclic) bond motifs is 1. The van der Waals surface area contributed by atoms with Crippen LogP contribution < -0.4 is 5.43 Å². The van der Waals surface area contributed by atoms with Gasteiger partial charge in [0.15, 0.2) is 0 Å². The summed E-state index contributed by atoms with van der Waals surface area (Å²) in [6.45, 7) is 5.92.